The maximum atomic E-state index is 12.7. The summed E-state index contributed by atoms with van der Waals surface area (Å²) in [5, 5.41) is 8.90. The fourth-order valence-corrected chi connectivity index (χ4v) is 4.14. The fourth-order valence-electron chi connectivity index (χ4n) is 3.21. The number of hydrogen-bond acceptors (Lipinski definition) is 6. The molecular formula is C23H27N3O4S. The average Bonchev–Trinajstić information content (AvgIpc) is 2.80. The summed E-state index contributed by atoms with van der Waals surface area (Å²) in [4.78, 5) is 24.2. The van der Waals surface area contributed by atoms with Crippen molar-refractivity contribution < 1.29 is 19.1 Å². The number of carbonyl (C=O) groups excluding carboxylic acids is 2. The van der Waals surface area contributed by atoms with Crippen LogP contribution in [0.1, 0.15) is 37.8 Å². The Kier molecular flexibility index (Phi) is 7.57. The van der Waals surface area contributed by atoms with Gasteiger partial charge < -0.3 is 14.8 Å². The molecule has 164 valence electrons. The first-order chi connectivity index (χ1) is 15.0. The number of amides is 2. The van der Waals surface area contributed by atoms with Gasteiger partial charge in [0.1, 0.15) is 0 Å². The third-order valence-corrected chi connectivity index (χ3v) is 6.18. The van der Waals surface area contributed by atoms with Gasteiger partial charge in [-0.25, -0.2) is 5.01 Å². The van der Waals surface area contributed by atoms with E-state index in [1.165, 1.54) is 16.8 Å². The van der Waals surface area contributed by atoms with Crippen molar-refractivity contribution in [3.8, 4) is 11.5 Å². The number of nitrogens with one attached hydrogen (secondary N) is 1. The number of nitrogens with zero attached hydrogens (tertiary/aromatic N) is 2. The number of carbonyl (C=O) groups is 2. The lowest BCUT2D eigenvalue weighted by Gasteiger charge is -2.28. The van der Waals surface area contributed by atoms with Crippen molar-refractivity contribution in [3.63, 3.8) is 0 Å². The molecule has 2 amide bonds. The Morgan fingerprint density at radius 2 is 1.81 bits per heavy atom. The lowest BCUT2D eigenvalue weighted by molar-refractivity contribution is -0.115. The third-order valence-electron chi connectivity index (χ3n) is 4.93. The van der Waals surface area contributed by atoms with Gasteiger partial charge in [0.2, 0.25) is 5.91 Å². The van der Waals surface area contributed by atoms with E-state index in [9.17, 15) is 9.59 Å². The summed E-state index contributed by atoms with van der Waals surface area (Å²) >= 11 is 1.28. The number of thioether (sulfide) groups is 1. The Hall–Kier alpha value is -3.00. The second kappa shape index (κ2) is 10.3. The van der Waals surface area contributed by atoms with Crippen LogP contribution < -0.4 is 14.8 Å². The van der Waals surface area contributed by atoms with Gasteiger partial charge in [-0.15, -0.1) is 0 Å². The molecule has 2 aromatic rings. The van der Waals surface area contributed by atoms with Gasteiger partial charge in [0, 0.05) is 17.7 Å². The molecule has 1 atom stereocenters. The number of methoxy groups -OCH3 is 2. The van der Waals surface area contributed by atoms with E-state index in [1.807, 2.05) is 49.4 Å². The molecule has 0 radical (unpaired) electrons. The largest absolute Gasteiger partial charge is 0.493 e. The van der Waals surface area contributed by atoms with Crippen LogP contribution in [-0.2, 0) is 11.3 Å². The predicted octanol–water partition coefficient (Wildman–Crippen LogP) is 4.90. The van der Waals surface area contributed by atoms with Crippen LogP contribution in [0.3, 0.4) is 0 Å². The van der Waals surface area contributed by atoms with E-state index in [-0.39, 0.29) is 16.4 Å². The molecule has 1 N–H and O–H groups in total. The molecule has 7 nitrogen and oxygen atoms in total. The van der Waals surface area contributed by atoms with E-state index in [0.717, 1.165) is 28.9 Å². The number of ether oxygens (including phenoxy) is 2. The summed E-state index contributed by atoms with van der Waals surface area (Å²) in [7, 11) is 3.19. The summed E-state index contributed by atoms with van der Waals surface area (Å²) in [6.45, 7) is 4.20. The van der Waals surface area contributed by atoms with E-state index < -0.39 is 0 Å². The number of rotatable bonds is 8. The van der Waals surface area contributed by atoms with Crippen molar-refractivity contribution in [2.45, 2.75) is 38.5 Å². The topological polar surface area (TPSA) is 80.2 Å². The highest BCUT2D eigenvalue weighted by Gasteiger charge is 2.30. The molecule has 31 heavy (non-hydrogen) atoms. The molecule has 3 rings (SSSR count). The third kappa shape index (κ3) is 5.38. The quantitative estimate of drug-likeness (QED) is 0.630. The number of hydrazone groups is 1. The normalized spacial score (nSPS) is 16.0. The van der Waals surface area contributed by atoms with Gasteiger partial charge in [0.15, 0.2) is 11.5 Å². The smallest absolute Gasteiger partial charge is 0.302 e. The Labute approximate surface area is 186 Å². The van der Waals surface area contributed by atoms with Gasteiger partial charge >= 0.3 is 5.24 Å². The Morgan fingerprint density at radius 3 is 2.42 bits per heavy atom. The minimum Gasteiger partial charge on any atom is -0.493 e. The minimum atomic E-state index is -0.0839. The standard InChI is InChI=1S/C23H27N3O4S/c1-5-20-22(16-9-12-18(29-3)19(13-16)30-4)25-26(23(28)31-20)14-15-7-10-17(11-8-15)24-21(27)6-2/h7-13,20H,5-6,14H2,1-4H3,(H,24,27). The lowest BCUT2D eigenvalue weighted by Crippen LogP contribution is -2.34. The first kappa shape index (κ1) is 22.7. The first-order valence-corrected chi connectivity index (χ1v) is 11.0. The van der Waals surface area contributed by atoms with Crippen LogP contribution in [0.4, 0.5) is 10.5 Å². The SMILES string of the molecule is CCC(=O)Nc1ccc(CN2N=C(c3ccc(OC)c(OC)c3)C(CC)SC2=O)cc1. The zero-order valence-corrected chi connectivity index (χ0v) is 19.0. The highest BCUT2D eigenvalue weighted by Crippen LogP contribution is 2.33. The molecule has 0 saturated heterocycles. The second-order valence-electron chi connectivity index (χ2n) is 6.99. The molecule has 2 aromatic carbocycles. The predicted molar refractivity (Wildman–Crippen MR) is 124 cm³/mol. The molecule has 8 heteroatoms. The van der Waals surface area contributed by atoms with E-state index in [4.69, 9.17) is 14.6 Å². The zero-order chi connectivity index (χ0) is 22.4. The number of anilines is 1. The fraction of sp³-hybridized carbons (Fsp3) is 0.348. The van der Waals surface area contributed by atoms with Crippen LogP contribution in [0.5, 0.6) is 11.5 Å². The molecule has 0 saturated carbocycles. The van der Waals surface area contributed by atoms with E-state index in [0.29, 0.717) is 24.5 Å². The van der Waals surface area contributed by atoms with Gasteiger partial charge in [0.05, 0.1) is 31.7 Å². The summed E-state index contributed by atoms with van der Waals surface area (Å²) in [6.07, 6.45) is 1.21. The molecule has 1 heterocycles. The maximum Gasteiger partial charge on any atom is 0.302 e. The monoisotopic (exact) mass is 441 g/mol. The van der Waals surface area contributed by atoms with E-state index >= 15 is 0 Å². The summed E-state index contributed by atoms with van der Waals surface area (Å²) in [6, 6.07) is 13.1. The van der Waals surface area contributed by atoms with Crippen LogP contribution >= 0.6 is 11.8 Å². The van der Waals surface area contributed by atoms with E-state index in [1.54, 1.807) is 21.1 Å². The van der Waals surface area contributed by atoms with E-state index in [2.05, 4.69) is 5.32 Å². The summed E-state index contributed by atoms with van der Waals surface area (Å²) < 4.78 is 10.8. The van der Waals surface area contributed by atoms with Crippen LogP contribution in [0, 0.1) is 0 Å². The molecule has 1 aliphatic heterocycles. The zero-order valence-electron chi connectivity index (χ0n) is 18.2. The molecule has 0 aromatic heterocycles. The molecule has 0 spiro atoms. The van der Waals surface area contributed by atoms with Gasteiger partial charge in [-0.2, -0.15) is 5.10 Å². The molecule has 0 fully saturated rings. The van der Waals surface area contributed by atoms with Crippen LogP contribution in [-0.4, -0.2) is 41.3 Å². The Morgan fingerprint density at radius 1 is 1.10 bits per heavy atom. The number of hydrogen-bond donors (Lipinski definition) is 1. The van der Waals surface area contributed by atoms with Gasteiger partial charge in [-0.05, 0) is 42.3 Å². The lowest BCUT2D eigenvalue weighted by atomic mass is 10.0. The van der Waals surface area contributed by atoms with Crippen molar-refractivity contribution in [2.24, 2.45) is 5.10 Å². The van der Waals surface area contributed by atoms with Crippen LogP contribution in [0.15, 0.2) is 47.6 Å². The molecule has 1 unspecified atom stereocenters. The highest BCUT2D eigenvalue weighted by molar-refractivity contribution is 8.14. The second-order valence-corrected chi connectivity index (χ2v) is 8.15. The summed E-state index contributed by atoms with van der Waals surface area (Å²) in [5.41, 5.74) is 3.39. The van der Waals surface area contributed by atoms with Gasteiger partial charge in [-0.3, -0.25) is 9.59 Å². The molecule has 0 bridgehead atoms. The van der Waals surface area contributed by atoms with Crippen LogP contribution in [0.2, 0.25) is 0 Å². The Bertz CT molecular complexity index is 975. The maximum absolute atomic E-state index is 12.7. The molecular weight excluding hydrogens is 414 g/mol. The minimum absolute atomic E-state index is 0.0338. The Balaban J connectivity index is 1.85. The van der Waals surface area contributed by atoms with Crippen molar-refractivity contribution in [1.82, 2.24) is 5.01 Å². The van der Waals surface area contributed by atoms with Crippen molar-refractivity contribution >= 4 is 34.3 Å². The van der Waals surface area contributed by atoms with Gasteiger partial charge in [-0.1, -0.05) is 37.7 Å². The highest BCUT2D eigenvalue weighted by atomic mass is 32.2. The van der Waals surface area contributed by atoms with Crippen LogP contribution in [0.25, 0.3) is 0 Å². The molecule has 0 aliphatic carbocycles. The summed E-state index contributed by atoms with van der Waals surface area (Å²) in [5.74, 6) is 1.23. The molecule has 1 aliphatic rings. The van der Waals surface area contributed by atoms with Crippen molar-refractivity contribution in [2.75, 3.05) is 19.5 Å². The average molecular weight is 442 g/mol. The van der Waals surface area contributed by atoms with Crippen molar-refractivity contribution in [3.05, 3.63) is 53.6 Å². The van der Waals surface area contributed by atoms with Crippen molar-refractivity contribution in [1.29, 1.82) is 0 Å². The number of benzene rings is 2. The van der Waals surface area contributed by atoms with Gasteiger partial charge in [0.25, 0.3) is 0 Å². The first-order valence-electron chi connectivity index (χ1n) is 10.2.